The molecule has 1 fully saturated rings. The molecular formula is C12H12F3NO4S. The van der Waals surface area contributed by atoms with Crippen molar-refractivity contribution >= 4 is 16.0 Å². The first-order valence-corrected chi connectivity index (χ1v) is 7.46. The molecule has 0 spiro atoms. The van der Waals surface area contributed by atoms with Crippen molar-refractivity contribution in [1.82, 2.24) is 4.31 Å². The van der Waals surface area contributed by atoms with Crippen LogP contribution in [0.1, 0.15) is 6.92 Å². The van der Waals surface area contributed by atoms with Crippen molar-refractivity contribution in [2.45, 2.75) is 11.8 Å². The summed E-state index contributed by atoms with van der Waals surface area (Å²) in [5.41, 5.74) is 0. The number of hydrogen-bond donors (Lipinski definition) is 1. The Balaban J connectivity index is 2.24. The fourth-order valence-corrected chi connectivity index (χ4v) is 3.73. The van der Waals surface area contributed by atoms with Crippen LogP contribution in [0.3, 0.4) is 0 Å². The Bertz CT molecular complexity index is 663. The number of carbonyl (C=O) groups is 1. The van der Waals surface area contributed by atoms with Gasteiger partial charge in [0, 0.05) is 25.2 Å². The summed E-state index contributed by atoms with van der Waals surface area (Å²) in [5.74, 6) is -6.51. The summed E-state index contributed by atoms with van der Waals surface area (Å²) in [6, 6.07) is 0.570. The molecule has 1 N–H and O–H groups in total. The van der Waals surface area contributed by atoms with Gasteiger partial charge in [-0.3, -0.25) is 4.79 Å². The second-order valence-electron chi connectivity index (χ2n) is 4.91. The third kappa shape index (κ3) is 2.75. The largest absolute Gasteiger partial charge is 0.481 e. The van der Waals surface area contributed by atoms with Crippen LogP contribution in [0.15, 0.2) is 17.0 Å². The van der Waals surface area contributed by atoms with Crippen LogP contribution in [0.5, 0.6) is 0 Å². The summed E-state index contributed by atoms with van der Waals surface area (Å²) < 4.78 is 64.8. The molecule has 1 aliphatic rings. The number of sulfonamides is 1. The first kappa shape index (κ1) is 15.8. The van der Waals surface area contributed by atoms with E-state index in [0.717, 1.165) is 4.31 Å². The maximum absolute atomic E-state index is 13.5. The molecule has 0 amide bonds. The van der Waals surface area contributed by atoms with Gasteiger partial charge >= 0.3 is 5.97 Å². The third-order valence-corrected chi connectivity index (χ3v) is 5.42. The standard InChI is InChI=1S/C12H12F3NO4S/c1-6(12(17)18)7-4-16(5-7)21(19,20)11-9(14)2-8(13)3-10(11)15/h2-3,6-7H,4-5H2,1H3,(H,17,18). The van der Waals surface area contributed by atoms with E-state index in [-0.39, 0.29) is 25.2 Å². The van der Waals surface area contributed by atoms with Gasteiger partial charge in [0.05, 0.1) is 5.92 Å². The predicted octanol–water partition coefficient (Wildman–Crippen LogP) is 1.45. The molecule has 1 aromatic rings. The van der Waals surface area contributed by atoms with E-state index in [1.807, 2.05) is 0 Å². The molecule has 0 bridgehead atoms. The molecule has 0 saturated carbocycles. The topological polar surface area (TPSA) is 74.7 Å². The van der Waals surface area contributed by atoms with E-state index in [1.54, 1.807) is 0 Å². The molecular weight excluding hydrogens is 311 g/mol. The first-order valence-electron chi connectivity index (χ1n) is 6.02. The number of carboxylic acids is 1. The highest BCUT2D eigenvalue weighted by Gasteiger charge is 2.43. The highest BCUT2D eigenvalue weighted by atomic mass is 32.2. The number of nitrogens with zero attached hydrogens (tertiary/aromatic N) is 1. The minimum Gasteiger partial charge on any atom is -0.481 e. The molecule has 0 aliphatic carbocycles. The molecule has 1 heterocycles. The minimum atomic E-state index is -4.45. The van der Waals surface area contributed by atoms with Gasteiger partial charge in [-0.05, 0) is 5.92 Å². The van der Waals surface area contributed by atoms with Gasteiger partial charge in [-0.15, -0.1) is 0 Å². The van der Waals surface area contributed by atoms with Crippen LogP contribution >= 0.6 is 0 Å². The molecule has 1 aromatic carbocycles. The van der Waals surface area contributed by atoms with E-state index in [0.29, 0.717) is 0 Å². The lowest BCUT2D eigenvalue weighted by atomic mass is 9.89. The lowest BCUT2D eigenvalue weighted by molar-refractivity contribution is -0.144. The van der Waals surface area contributed by atoms with E-state index in [1.165, 1.54) is 6.92 Å². The number of halogens is 3. The van der Waals surface area contributed by atoms with Gasteiger partial charge in [-0.25, -0.2) is 21.6 Å². The average molecular weight is 323 g/mol. The molecule has 0 aromatic heterocycles. The van der Waals surface area contributed by atoms with E-state index in [2.05, 4.69) is 0 Å². The number of carboxylic acid groups (broad SMARTS) is 1. The molecule has 0 radical (unpaired) electrons. The Morgan fingerprint density at radius 3 is 2.19 bits per heavy atom. The molecule has 116 valence electrons. The molecule has 21 heavy (non-hydrogen) atoms. The van der Waals surface area contributed by atoms with E-state index >= 15 is 0 Å². The van der Waals surface area contributed by atoms with Crippen molar-refractivity contribution in [2.75, 3.05) is 13.1 Å². The summed E-state index contributed by atoms with van der Waals surface area (Å²) in [6.07, 6.45) is 0. The molecule has 5 nitrogen and oxygen atoms in total. The Kier molecular flexibility index (Phi) is 3.98. The SMILES string of the molecule is CC(C(=O)O)C1CN(S(=O)(=O)c2c(F)cc(F)cc2F)C1. The van der Waals surface area contributed by atoms with Crippen LogP contribution in [0, 0.1) is 29.3 Å². The van der Waals surface area contributed by atoms with Gasteiger partial charge in [0.2, 0.25) is 10.0 Å². The Morgan fingerprint density at radius 2 is 1.76 bits per heavy atom. The van der Waals surface area contributed by atoms with Crippen LogP contribution in [0.25, 0.3) is 0 Å². The van der Waals surface area contributed by atoms with E-state index < -0.39 is 50.2 Å². The predicted molar refractivity (Wildman–Crippen MR) is 65.4 cm³/mol. The monoisotopic (exact) mass is 323 g/mol. The van der Waals surface area contributed by atoms with Crippen molar-refractivity contribution in [3.63, 3.8) is 0 Å². The maximum Gasteiger partial charge on any atom is 0.306 e. The van der Waals surface area contributed by atoms with E-state index in [4.69, 9.17) is 5.11 Å². The van der Waals surface area contributed by atoms with Crippen LogP contribution in [-0.2, 0) is 14.8 Å². The molecule has 1 aliphatic heterocycles. The Hall–Kier alpha value is -1.61. The van der Waals surface area contributed by atoms with Crippen molar-refractivity contribution in [3.8, 4) is 0 Å². The van der Waals surface area contributed by atoms with Crippen LogP contribution in [0.4, 0.5) is 13.2 Å². The lowest BCUT2D eigenvalue weighted by Gasteiger charge is -2.39. The van der Waals surface area contributed by atoms with Gasteiger partial charge in [-0.1, -0.05) is 6.92 Å². The summed E-state index contributed by atoms with van der Waals surface area (Å²) in [4.78, 5) is 9.56. The fraction of sp³-hybridized carbons (Fsp3) is 0.417. The van der Waals surface area contributed by atoms with Crippen molar-refractivity contribution in [3.05, 3.63) is 29.6 Å². The van der Waals surface area contributed by atoms with Crippen LogP contribution in [-0.4, -0.2) is 36.9 Å². The highest BCUT2D eigenvalue weighted by Crippen LogP contribution is 2.32. The van der Waals surface area contributed by atoms with Crippen molar-refractivity contribution in [2.24, 2.45) is 11.8 Å². The molecule has 9 heteroatoms. The van der Waals surface area contributed by atoms with Gasteiger partial charge in [0.15, 0.2) is 4.90 Å². The smallest absolute Gasteiger partial charge is 0.306 e. The lowest BCUT2D eigenvalue weighted by Crippen LogP contribution is -2.53. The molecule has 1 unspecified atom stereocenters. The zero-order valence-corrected chi connectivity index (χ0v) is 11.7. The average Bonchev–Trinajstić information content (AvgIpc) is 2.23. The summed E-state index contributed by atoms with van der Waals surface area (Å²) >= 11 is 0. The number of aliphatic carboxylic acids is 1. The van der Waals surface area contributed by atoms with Gasteiger partial charge in [0.1, 0.15) is 17.5 Å². The van der Waals surface area contributed by atoms with E-state index in [9.17, 15) is 26.4 Å². The third-order valence-electron chi connectivity index (χ3n) is 3.53. The van der Waals surface area contributed by atoms with Crippen molar-refractivity contribution in [1.29, 1.82) is 0 Å². The minimum absolute atomic E-state index is 0.147. The number of benzene rings is 1. The Labute approximate surface area is 119 Å². The fourth-order valence-electron chi connectivity index (χ4n) is 2.09. The van der Waals surface area contributed by atoms with Crippen molar-refractivity contribution < 1.29 is 31.5 Å². The quantitative estimate of drug-likeness (QED) is 0.910. The van der Waals surface area contributed by atoms with Crippen LogP contribution < -0.4 is 0 Å². The molecule has 1 atom stereocenters. The molecule has 2 rings (SSSR count). The summed E-state index contributed by atoms with van der Waals surface area (Å²) in [5, 5.41) is 8.81. The zero-order valence-electron chi connectivity index (χ0n) is 10.9. The molecule has 1 saturated heterocycles. The zero-order chi connectivity index (χ0) is 15.9. The van der Waals surface area contributed by atoms with Gasteiger partial charge in [0.25, 0.3) is 0 Å². The normalized spacial score (nSPS) is 18.3. The second-order valence-corrected chi connectivity index (χ2v) is 6.78. The number of hydrogen-bond acceptors (Lipinski definition) is 3. The summed E-state index contributed by atoms with van der Waals surface area (Å²) in [6.45, 7) is 1.13. The van der Waals surface area contributed by atoms with Gasteiger partial charge < -0.3 is 5.11 Å². The maximum atomic E-state index is 13.5. The summed E-state index contributed by atoms with van der Waals surface area (Å²) in [7, 11) is -4.45. The van der Waals surface area contributed by atoms with Crippen LogP contribution in [0.2, 0.25) is 0 Å². The second kappa shape index (κ2) is 5.30. The highest BCUT2D eigenvalue weighted by molar-refractivity contribution is 7.89. The number of rotatable bonds is 4. The first-order chi connectivity index (χ1) is 9.64. The van der Waals surface area contributed by atoms with Gasteiger partial charge in [-0.2, -0.15) is 4.31 Å². The Morgan fingerprint density at radius 1 is 1.29 bits per heavy atom.